The van der Waals surface area contributed by atoms with Crippen LogP contribution in [-0.4, -0.2) is 22.6 Å². The van der Waals surface area contributed by atoms with E-state index in [1.165, 1.54) is 13.2 Å². The molecule has 1 heterocycles. The number of hydrogen-bond acceptors (Lipinski definition) is 4. The number of nitriles is 1. The number of ether oxygens (including phenoxy) is 1. The Labute approximate surface area is 154 Å². The molecule has 0 unspecified atom stereocenters. The third-order valence-electron chi connectivity index (χ3n) is 4.03. The summed E-state index contributed by atoms with van der Waals surface area (Å²) in [6.07, 6.45) is 0.343. The number of carbonyl (C=O) groups excluding carboxylic acids is 1. The summed E-state index contributed by atoms with van der Waals surface area (Å²) < 4.78 is 6.65. The molecule has 0 radical (unpaired) electrons. The van der Waals surface area contributed by atoms with E-state index in [-0.39, 0.29) is 10.6 Å². The number of imidazole rings is 1. The van der Waals surface area contributed by atoms with Gasteiger partial charge in [-0.25, -0.2) is 9.78 Å². The highest BCUT2D eigenvalue weighted by molar-refractivity contribution is 6.38. The standard InChI is InChI=1S/C18H13Cl2N3O2/c1-23-15-6-3-10(9-21)7-14(15)22-16(23)8-12-13(19)5-4-11(17(12)20)18(24)25-2/h3-7H,8H2,1-2H3. The molecule has 1 aromatic heterocycles. The first-order valence-electron chi connectivity index (χ1n) is 7.37. The first-order chi connectivity index (χ1) is 12.0. The first kappa shape index (κ1) is 17.3. The van der Waals surface area contributed by atoms with Crippen molar-refractivity contribution in [2.45, 2.75) is 6.42 Å². The van der Waals surface area contributed by atoms with Gasteiger partial charge in [0.05, 0.1) is 40.4 Å². The van der Waals surface area contributed by atoms with Gasteiger partial charge in [0.1, 0.15) is 5.82 Å². The van der Waals surface area contributed by atoms with Gasteiger partial charge in [-0.15, -0.1) is 0 Å². The molecular formula is C18H13Cl2N3O2. The van der Waals surface area contributed by atoms with E-state index in [2.05, 4.69) is 11.1 Å². The van der Waals surface area contributed by atoms with Crippen molar-refractivity contribution < 1.29 is 9.53 Å². The van der Waals surface area contributed by atoms with E-state index >= 15 is 0 Å². The second-order valence-corrected chi connectivity index (χ2v) is 6.24. The third kappa shape index (κ3) is 3.07. The highest BCUT2D eigenvalue weighted by atomic mass is 35.5. The maximum Gasteiger partial charge on any atom is 0.339 e. The SMILES string of the molecule is COC(=O)c1ccc(Cl)c(Cc2nc3cc(C#N)ccc3n2C)c1Cl. The van der Waals surface area contributed by atoms with Crippen molar-refractivity contribution in [3.63, 3.8) is 0 Å². The van der Waals surface area contributed by atoms with Crippen molar-refractivity contribution >= 4 is 40.2 Å². The number of hydrogen-bond donors (Lipinski definition) is 0. The van der Waals surface area contributed by atoms with Gasteiger partial charge in [0.15, 0.2) is 0 Å². The number of esters is 1. The van der Waals surface area contributed by atoms with Gasteiger partial charge in [-0.3, -0.25) is 0 Å². The summed E-state index contributed by atoms with van der Waals surface area (Å²) in [4.78, 5) is 16.4. The van der Waals surface area contributed by atoms with Crippen molar-refractivity contribution in [1.82, 2.24) is 9.55 Å². The van der Waals surface area contributed by atoms with E-state index in [1.54, 1.807) is 18.2 Å². The molecule has 3 aromatic rings. The number of fused-ring (bicyclic) bond motifs is 1. The summed E-state index contributed by atoms with van der Waals surface area (Å²) >= 11 is 12.7. The van der Waals surface area contributed by atoms with Crippen molar-refractivity contribution in [3.05, 3.63) is 62.9 Å². The zero-order valence-corrected chi connectivity index (χ0v) is 15.0. The van der Waals surface area contributed by atoms with Crippen LogP contribution in [0.2, 0.25) is 10.0 Å². The molecule has 2 aromatic carbocycles. The molecule has 0 saturated heterocycles. The number of methoxy groups -OCH3 is 1. The van der Waals surface area contributed by atoms with Crippen LogP contribution in [0.15, 0.2) is 30.3 Å². The minimum Gasteiger partial charge on any atom is -0.465 e. The Hall–Kier alpha value is -2.55. The molecule has 0 spiro atoms. The molecule has 0 N–H and O–H groups in total. The zero-order valence-electron chi connectivity index (χ0n) is 13.5. The molecule has 7 heteroatoms. The Balaban J connectivity index is 2.09. The predicted molar refractivity (Wildman–Crippen MR) is 96.0 cm³/mol. The molecule has 3 rings (SSSR count). The Bertz CT molecular complexity index is 1030. The largest absolute Gasteiger partial charge is 0.465 e. The molecule has 25 heavy (non-hydrogen) atoms. The molecule has 126 valence electrons. The normalized spacial score (nSPS) is 10.7. The summed E-state index contributed by atoms with van der Waals surface area (Å²) in [5.74, 6) is 0.197. The molecule has 0 aliphatic carbocycles. The van der Waals surface area contributed by atoms with Gasteiger partial charge in [0.25, 0.3) is 0 Å². The van der Waals surface area contributed by atoms with Crippen molar-refractivity contribution in [2.75, 3.05) is 7.11 Å². The lowest BCUT2D eigenvalue weighted by atomic mass is 10.1. The lowest BCUT2D eigenvalue weighted by Gasteiger charge is -2.10. The molecule has 0 atom stereocenters. The average molecular weight is 374 g/mol. The molecule has 0 aliphatic heterocycles. The highest BCUT2D eigenvalue weighted by Crippen LogP contribution is 2.31. The summed E-state index contributed by atoms with van der Waals surface area (Å²) in [6, 6.07) is 10.6. The minimum absolute atomic E-state index is 0.254. The van der Waals surface area contributed by atoms with Crippen LogP contribution in [0, 0.1) is 11.3 Å². The predicted octanol–water partition coefficient (Wildman–Crippen LogP) is 4.13. The second kappa shape index (κ2) is 6.75. The van der Waals surface area contributed by atoms with E-state index in [0.717, 1.165) is 11.3 Å². The molecule has 0 aliphatic rings. The van der Waals surface area contributed by atoms with E-state index in [1.807, 2.05) is 17.7 Å². The topological polar surface area (TPSA) is 67.9 Å². The molecule has 0 fully saturated rings. The highest BCUT2D eigenvalue weighted by Gasteiger charge is 2.19. The summed E-state index contributed by atoms with van der Waals surface area (Å²) in [5.41, 5.74) is 3.01. The molecule has 0 bridgehead atoms. The molecular weight excluding hydrogens is 361 g/mol. The van der Waals surface area contributed by atoms with Crippen LogP contribution >= 0.6 is 23.2 Å². The number of nitrogens with zero attached hydrogens (tertiary/aromatic N) is 3. The smallest absolute Gasteiger partial charge is 0.339 e. The maximum atomic E-state index is 11.8. The Morgan fingerprint density at radius 1 is 1.32 bits per heavy atom. The second-order valence-electron chi connectivity index (χ2n) is 5.46. The van der Waals surface area contributed by atoms with E-state index in [4.69, 9.17) is 33.2 Å². The van der Waals surface area contributed by atoms with Gasteiger partial charge in [-0.1, -0.05) is 23.2 Å². The van der Waals surface area contributed by atoms with Crippen molar-refractivity contribution in [3.8, 4) is 6.07 Å². The summed E-state index contributed by atoms with van der Waals surface area (Å²) in [6.45, 7) is 0. The van der Waals surface area contributed by atoms with Crippen molar-refractivity contribution in [2.24, 2.45) is 7.05 Å². The van der Waals surface area contributed by atoms with Gasteiger partial charge in [-0.2, -0.15) is 5.26 Å². The van der Waals surface area contributed by atoms with Crippen LogP contribution in [0.5, 0.6) is 0 Å². The number of rotatable bonds is 3. The number of benzene rings is 2. The van der Waals surface area contributed by atoms with Crippen LogP contribution in [0.25, 0.3) is 11.0 Å². The van der Waals surface area contributed by atoms with Gasteiger partial charge in [0, 0.05) is 18.5 Å². The van der Waals surface area contributed by atoms with Gasteiger partial charge in [-0.05, 0) is 35.9 Å². The van der Waals surface area contributed by atoms with Crippen LogP contribution in [-0.2, 0) is 18.2 Å². The average Bonchev–Trinajstić information content (AvgIpc) is 2.93. The lowest BCUT2D eigenvalue weighted by Crippen LogP contribution is -2.06. The Kier molecular flexibility index (Phi) is 4.67. The first-order valence-corrected chi connectivity index (χ1v) is 8.12. The monoisotopic (exact) mass is 373 g/mol. The number of carbonyl (C=O) groups is 1. The van der Waals surface area contributed by atoms with E-state index in [0.29, 0.717) is 28.1 Å². The van der Waals surface area contributed by atoms with E-state index in [9.17, 15) is 4.79 Å². The Morgan fingerprint density at radius 2 is 2.08 bits per heavy atom. The lowest BCUT2D eigenvalue weighted by molar-refractivity contribution is 0.0601. The van der Waals surface area contributed by atoms with Crippen LogP contribution in [0.4, 0.5) is 0 Å². The number of aromatic nitrogens is 2. The molecule has 0 amide bonds. The van der Waals surface area contributed by atoms with Crippen LogP contribution in [0.1, 0.15) is 27.3 Å². The van der Waals surface area contributed by atoms with Crippen LogP contribution in [0.3, 0.4) is 0 Å². The fourth-order valence-corrected chi connectivity index (χ4v) is 3.24. The van der Waals surface area contributed by atoms with E-state index < -0.39 is 5.97 Å². The van der Waals surface area contributed by atoms with Gasteiger partial charge in [0.2, 0.25) is 0 Å². The zero-order chi connectivity index (χ0) is 18.1. The molecule has 5 nitrogen and oxygen atoms in total. The molecule has 0 saturated carbocycles. The number of aryl methyl sites for hydroxylation is 1. The van der Waals surface area contributed by atoms with Gasteiger partial charge >= 0.3 is 5.97 Å². The minimum atomic E-state index is -0.522. The number of halogens is 2. The maximum absolute atomic E-state index is 11.8. The van der Waals surface area contributed by atoms with Crippen molar-refractivity contribution in [1.29, 1.82) is 5.26 Å². The quantitative estimate of drug-likeness (QED) is 0.647. The van der Waals surface area contributed by atoms with Crippen LogP contribution < -0.4 is 0 Å². The van der Waals surface area contributed by atoms with Gasteiger partial charge < -0.3 is 9.30 Å². The summed E-state index contributed by atoms with van der Waals surface area (Å²) in [7, 11) is 3.17. The Morgan fingerprint density at radius 3 is 2.76 bits per heavy atom. The fourth-order valence-electron chi connectivity index (χ4n) is 2.66. The third-order valence-corrected chi connectivity index (χ3v) is 4.81. The fraction of sp³-hybridized carbons (Fsp3) is 0.167. The summed E-state index contributed by atoms with van der Waals surface area (Å²) in [5, 5.41) is 9.72.